The predicted octanol–water partition coefficient (Wildman–Crippen LogP) is 4.82. The number of hydrogen-bond donors (Lipinski definition) is 2. The van der Waals surface area contributed by atoms with Crippen LogP contribution in [0.4, 0.5) is 0 Å². The average molecular weight is 471 g/mol. The zero-order valence-electron chi connectivity index (χ0n) is 21.7. The van der Waals surface area contributed by atoms with Gasteiger partial charge in [-0.1, -0.05) is 53.5 Å². The van der Waals surface area contributed by atoms with E-state index in [4.69, 9.17) is 25.2 Å². The number of nitrogens with one attached hydrogen (secondary N) is 1. The molecule has 2 aromatic rings. The summed E-state index contributed by atoms with van der Waals surface area (Å²) in [5, 5.41) is 2.98. The molecule has 0 radical (unpaired) electrons. The van der Waals surface area contributed by atoms with Crippen LogP contribution in [0.15, 0.2) is 30.9 Å². The van der Waals surface area contributed by atoms with Crippen molar-refractivity contribution in [2.45, 2.75) is 78.9 Å². The van der Waals surface area contributed by atoms with E-state index in [-0.39, 0.29) is 23.3 Å². The Hall–Kier alpha value is -2.67. The summed E-state index contributed by atoms with van der Waals surface area (Å²) in [7, 11) is 1.63. The Bertz CT molecular complexity index is 955. The Morgan fingerprint density at radius 1 is 1.21 bits per heavy atom. The number of carbonyl (C=O) groups excluding carboxylic acids is 1. The molecule has 0 saturated heterocycles. The second-order valence-electron chi connectivity index (χ2n) is 9.84. The number of carbonyl (C=O) groups is 1. The molecule has 0 aliphatic heterocycles. The molecule has 0 aliphatic rings. The minimum atomic E-state index is -0.616. The van der Waals surface area contributed by atoms with Crippen LogP contribution in [0.3, 0.4) is 0 Å². The zero-order valence-corrected chi connectivity index (χ0v) is 21.7. The molecule has 34 heavy (non-hydrogen) atoms. The molecule has 2 rings (SSSR count). The van der Waals surface area contributed by atoms with Crippen LogP contribution < -0.4 is 20.5 Å². The van der Waals surface area contributed by atoms with Gasteiger partial charge in [-0.2, -0.15) is 0 Å². The Morgan fingerprint density at radius 3 is 2.53 bits per heavy atom. The van der Waals surface area contributed by atoms with Crippen molar-refractivity contribution in [3.05, 3.63) is 36.5 Å². The average Bonchev–Trinajstić information content (AvgIpc) is 2.81. The minimum Gasteiger partial charge on any atom is -0.497 e. The number of aromatic nitrogens is 2. The van der Waals surface area contributed by atoms with Crippen LogP contribution in [0, 0.1) is 11.3 Å². The fourth-order valence-electron chi connectivity index (χ4n) is 3.69. The third kappa shape index (κ3) is 7.42. The maximum absolute atomic E-state index is 12.7. The second-order valence-corrected chi connectivity index (χ2v) is 9.84. The van der Waals surface area contributed by atoms with Crippen LogP contribution in [-0.4, -0.2) is 41.7 Å². The molecule has 1 aromatic carbocycles. The number of methoxy groups -OCH3 is 1. The van der Waals surface area contributed by atoms with Gasteiger partial charge in [-0.3, -0.25) is 4.79 Å². The van der Waals surface area contributed by atoms with Gasteiger partial charge < -0.3 is 20.5 Å². The van der Waals surface area contributed by atoms with Gasteiger partial charge in [-0.25, -0.2) is 9.97 Å². The first kappa shape index (κ1) is 27.6. The fraction of sp³-hybridized carbons (Fsp3) is 0.593. The van der Waals surface area contributed by atoms with Crippen molar-refractivity contribution >= 4 is 16.9 Å². The highest BCUT2D eigenvalue weighted by Gasteiger charge is 2.29. The van der Waals surface area contributed by atoms with Gasteiger partial charge in [0.25, 0.3) is 0 Å². The van der Waals surface area contributed by atoms with E-state index in [9.17, 15) is 4.79 Å². The number of benzene rings is 1. The van der Waals surface area contributed by atoms with Gasteiger partial charge in [0.2, 0.25) is 11.8 Å². The Kier molecular flexibility index (Phi) is 10.3. The molecule has 7 nitrogen and oxygen atoms in total. The maximum Gasteiger partial charge on any atom is 0.237 e. The molecule has 0 unspecified atom stereocenters. The highest BCUT2D eigenvalue weighted by atomic mass is 16.5. The van der Waals surface area contributed by atoms with Crippen molar-refractivity contribution in [2.24, 2.45) is 17.1 Å². The van der Waals surface area contributed by atoms with Crippen LogP contribution in [0.1, 0.15) is 66.0 Å². The number of ether oxygens (including phenoxy) is 2. The summed E-state index contributed by atoms with van der Waals surface area (Å²) in [4.78, 5) is 22.4. The molecule has 7 heteroatoms. The predicted molar refractivity (Wildman–Crippen MR) is 138 cm³/mol. The third-order valence-corrected chi connectivity index (χ3v) is 6.13. The summed E-state index contributed by atoms with van der Waals surface area (Å²) >= 11 is 0. The number of amides is 1. The highest BCUT2D eigenvalue weighted by Crippen LogP contribution is 2.27. The number of rotatable bonds is 13. The normalized spacial score (nSPS) is 14.3. The van der Waals surface area contributed by atoms with Gasteiger partial charge in [0.15, 0.2) is 0 Å². The summed E-state index contributed by atoms with van der Waals surface area (Å²) in [5.74, 6) is 1.04. The maximum atomic E-state index is 12.7. The standard InChI is InChI=1S/C27H42N4O3/c1-8-11-12-13-21-26(31-22-16-19(33-7)14-15-20(22)30-21)34-23(18(9-2)10-3)17-29-25(32)24(28)27(4,5)6/h9,14-16,18,23-24H,2,8,10-13,17,28H2,1,3-7H3,(H,29,32)/t18-,23+,24-/m1/s1. The molecule has 3 N–H and O–H groups in total. The molecule has 0 spiro atoms. The lowest BCUT2D eigenvalue weighted by Crippen LogP contribution is -2.51. The first-order valence-corrected chi connectivity index (χ1v) is 12.3. The van der Waals surface area contributed by atoms with E-state index in [1.807, 2.05) is 45.0 Å². The summed E-state index contributed by atoms with van der Waals surface area (Å²) in [5.41, 5.74) is 8.15. The quantitative estimate of drug-likeness (QED) is 0.322. The van der Waals surface area contributed by atoms with E-state index in [0.717, 1.165) is 43.3 Å². The number of nitrogens with two attached hydrogens (primary N) is 1. The van der Waals surface area contributed by atoms with Crippen LogP contribution in [0.5, 0.6) is 11.6 Å². The lowest BCUT2D eigenvalue weighted by Gasteiger charge is -2.29. The van der Waals surface area contributed by atoms with Crippen LogP contribution in [0.25, 0.3) is 11.0 Å². The topological polar surface area (TPSA) is 99.4 Å². The molecule has 1 amide bonds. The number of hydrogen-bond acceptors (Lipinski definition) is 6. The van der Waals surface area contributed by atoms with Gasteiger partial charge >= 0.3 is 0 Å². The summed E-state index contributed by atoms with van der Waals surface area (Å²) in [6, 6.07) is 5.04. The Balaban J connectivity index is 2.37. The third-order valence-electron chi connectivity index (χ3n) is 6.13. The van der Waals surface area contributed by atoms with Crippen molar-refractivity contribution in [3.8, 4) is 11.6 Å². The fourth-order valence-corrected chi connectivity index (χ4v) is 3.69. The SMILES string of the molecule is C=C[C@H](CC)[C@H](CNC(=O)[C@@H](N)C(C)(C)C)Oc1nc2cc(OC)ccc2nc1CCCCC. The van der Waals surface area contributed by atoms with Crippen molar-refractivity contribution in [2.75, 3.05) is 13.7 Å². The first-order chi connectivity index (χ1) is 16.1. The monoisotopic (exact) mass is 470 g/mol. The van der Waals surface area contributed by atoms with E-state index >= 15 is 0 Å². The molecule has 1 aromatic heterocycles. The lowest BCUT2D eigenvalue weighted by molar-refractivity contribution is -0.125. The summed E-state index contributed by atoms with van der Waals surface area (Å²) < 4.78 is 11.8. The van der Waals surface area contributed by atoms with Crippen molar-refractivity contribution < 1.29 is 14.3 Å². The van der Waals surface area contributed by atoms with Crippen molar-refractivity contribution in [1.29, 1.82) is 0 Å². The van der Waals surface area contributed by atoms with E-state index in [2.05, 4.69) is 25.7 Å². The largest absolute Gasteiger partial charge is 0.497 e. The molecule has 188 valence electrons. The van der Waals surface area contributed by atoms with Gasteiger partial charge in [0.1, 0.15) is 17.5 Å². The van der Waals surface area contributed by atoms with Crippen LogP contribution in [0.2, 0.25) is 0 Å². The minimum absolute atomic E-state index is 0.0254. The molecule has 0 aliphatic carbocycles. The number of unbranched alkanes of at least 4 members (excludes halogenated alkanes) is 2. The zero-order chi connectivity index (χ0) is 25.3. The second kappa shape index (κ2) is 12.7. The molecular formula is C27H42N4O3. The van der Waals surface area contributed by atoms with Gasteiger partial charge in [-0.05, 0) is 36.8 Å². The lowest BCUT2D eigenvalue weighted by atomic mass is 9.87. The van der Waals surface area contributed by atoms with Crippen LogP contribution >= 0.6 is 0 Å². The van der Waals surface area contributed by atoms with Gasteiger partial charge in [-0.15, -0.1) is 6.58 Å². The Morgan fingerprint density at radius 2 is 1.94 bits per heavy atom. The van der Waals surface area contributed by atoms with E-state index in [0.29, 0.717) is 23.7 Å². The van der Waals surface area contributed by atoms with Crippen molar-refractivity contribution in [3.63, 3.8) is 0 Å². The van der Waals surface area contributed by atoms with E-state index in [1.54, 1.807) is 7.11 Å². The molecule has 3 atom stereocenters. The van der Waals surface area contributed by atoms with Gasteiger partial charge in [0, 0.05) is 12.0 Å². The molecule has 0 fully saturated rings. The molecular weight excluding hydrogens is 428 g/mol. The van der Waals surface area contributed by atoms with E-state index < -0.39 is 6.04 Å². The molecule has 1 heterocycles. The van der Waals surface area contributed by atoms with Crippen LogP contribution in [-0.2, 0) is 11.2 Å². The van der Waals surface area contributed by atoms with Gasteiger partial charge in [0.05, 0.1) is 30.7 Å². The van der Waals surface area contributed by atoms with E-state index in [1.165, 1.54) is 0 Å². The Labute approximate surface area is 204 Å². The number of nitrogens with zero attached hydrogens (tertiary/aromatic N) is 2. The highest BCUT2D eigenvalue weighted by molar-refractivity contribution is 5.82. The summed E-state index contributed by atoms with van der Waals surface area (Å²) in [6.45, 7) is 14.4. The molecule has 0 bridgehead atoms. The number of fused-ring (bicyclic) bond motifs is 1. The first-order valence-electron chi connectivity index (χ1n) is 12.3. The van der Waals surface area contributed by atoms with Crippen molar-refractivity contribution in [1.82, 2.24) is 15.3 Å². The number of aryl methyl sites for hydroxylation is 1. The molecule has 0 saturated carbocycles. The summed E-state index contributed by atoms with van der Waals surface area (Å²) in [6.07, 6.45) is 6.34. The smallest absolute Gasteiger partial charge is 0.237 e.